The molecular formula is C15H19N5O2. The summed E-state index contributed by atoms with van der Waals surface area (Å²) in [5.41, 5.74) is 0.657. The van der Waals surface area contributed by atoms with Crippen molar-refractivity contribution in [2.75, 3.05) is 23.7 Å². The zero-order valence-corrected chi connectivity index (χ0v) is 12.5. The van der Waals surface area contributed by atoms with E-state index in [4.69, 9.17) is 0 Å². The van der Waals surface area contributed by atoms with E-state index in [9.17, 15) is 10.1 Å². The van der Waals surface area contributed by atoms with E-state index in [2.05, 4.69) is 20.6 Å². The van der Waals surface area contributed by atoms with Crippen LogP contribution in [-0.2, 0) is 0 Å². The molecule has 0 unspecified atom stereocenters. The van der Waals surface area contributed by atoms with Gasteiger partial charge < -0.3 is 10.6 Å². The maximum Gasteiger partial charge on any atom is 0.290 e. The number of nitrogens with one attached hydrogen (secondary N) is 2. The molecule has 0 aliphatic rings. The van der Waals surface area contributed by atoms with Crippen LogP contribution in [0.15, 0.2) is 36.7 Å². The second kappa shape index (κ2) is 7.92. The molecule has 0 aliphatic heterocycles. The molecule has 0 fully saturated rings. The first-order valence-electron chi connectivity index (χ1n) is 7.16. The first kappa shape index (κ1) is 15.7. The van der Waals surface area contributed by atoms with Crippen LogP contribution in [0.5, 0.6) is 0 Å². The lowest BCUT2D eigenvalue weighted by atomic mass is 10.2. The molecule has 0 saturated carbocycles. The predicted octanol–water partition coefficient (Wildman–Crippen LogP) is 3.00. The summed E-state index contributed by atoms with van der Waals surface area (Å²) in [7, 11) is 0. The van der Waals surface area contributed by atoms with Crippen molar-refractivity contribution >= 4 is 17.3 Å². The summed E-state index contributed by atoms with van der Waals surface area (Å²) in [6.07, 6.45) is 5.01. The second-order valence-corrected chi connectivity index (χ2v) is 4.89. The number of unbranched alkanes of at least 4 members (excludes halogenated alkanes) is 1. The standard InChI is InChI=1S/C15H19N5O2/c1-12-10-15(19-11-13(12)20(21)22)18-9-5-4-8-17-14-6-2-3-7-16-14/h2-3,6-7,10-11H,4-5,8-9H2,1H3,(H,16,17)(H,18,19). The van der Waals surface area contributed by atoms with Crippen molar-refractivity contribution < 1.29 is 4.92 Å². The second-order valence-electron chi connectivity index (χ2n) is 4.89. The number of nitrogens with zero attached hydrogens (tertiary/aromatic N) is 3. The van der Waals surface area contributed by atoms with Gasteiger partial charge in [-0.15, -0.1) is 0 Å². The van der Waals surface area contributed by atoms with Gasteiger partial charge in [0.2, 0.25) is 0 Å². The lowest BCUT2D eigenvalue weighted by molar-refractivity contribution is -0.385. The highest BCUT2D eigenvalue weighted by atomic mass is 16.6. The Morgan fingerprint density at radius 2 is 1.86 bits per heavy atom. The number of aryl methyl sites for hydroxylation is 1. The smallest absolute Gasteiger partial charge is 0.290 e. The van der Waals surface area contributed by atoms with Crippen LogP contribution in [0.1, 0.15) is 18.4 Å². The highest BCUT2D eigenvalue weighted by Gasteiger charge is 2.10. The Morgan fingerprint density at radius 1 is 1.14 bits per heavy atom. The summed E-state index contributed by atoms with van der Waals surface area (Å²) in [4.78, 5) is 18.5. The molecule has 0 saturated heterocycles. The molecule has 0 amide bonds. The van der Waals surface area contributed by atoms with Gasteiger partial charge in [-0.3, -0.25) is 10.1 Å². The van der Waals surface area contributed by atoms with E-state index in [0.717, 1.165) is 31.7 Å². The summed E-state index contributed by atoms with van der Waals surface area (Å²) in [6.45, 7) is 3.33. The van der Waals surface area contributed by atoms with E-state index >= 15 is 0 Å². The van der Waals surface area contributed by atoms with Crippen molar-refractivity contribution in [2.45, 2.75) is 19.8 Å². The van der Waals surface area contributed by atoms with Crippen molar-refractivity contribution in [3.63, 3.8) is 0 Å². The van der Waals surface area contributed by atoms with Crippen LogP contribution >= 0.6 is 0 Å². The fourth-order valence-corrected chi connectivity index (χ4v) is 1.99. The monoisotopic (exact) mass is 301 g/mol. The molecule has 7 nitrogen and oxygen atoms in total. The van der Waals surface area contributed by atoms with Crippen LogP contribution in [0.2, 0.25) is 0 Å². The Kier molecular flexibility index (Phi) is 5.65. The van der Waals surface area contributed by atoms with Crippen molar-refractivity contribution in [1.82, 2.24) is 9.97 Å². The van der Waals surface area contributed by atoms with Gasteiger partial charge >= 0.3 is 0 Å². The van der Waals surface area contributed by atoms with E-state index < -0.39 is 4.92 Å². The largest absolute Gasteiger partial charge is 0.370 e. The maximum atomic E-state index is 10.7. The topological polar surface area (TPSA) is 93.0 Å². The highest BCUT2D eigenvalue weighted by molar-refractivity contribution is 5.46. The SMILES string of the molecule is Cc1cc(NCCCCNc2ccccn2)ncc1[N+](=O)[O-]. The quantitative estimate of drug-likeness (QED) is 0.442. The van der Waals surface area contributed by atoms with Crippen LogP contribution in [0.3, 0.4) is 0 Å². The fraction of sp³-hybridized carbons (Fsp3) is 0.333. The average molecular weight is 301 g/mol. The van der Waals surface area contributed by atoms with Crippen LogP contribution in [0.25, 0.3) is 0 Å². The summed E-state index contributed by atoms with van der Waals surface area (Å²) in [6, 6.07) is 7.46. The average Bonchev–Trinajstić information content (AvgIpc) is 2.51. The Morgan fingerprint density at radius 3 is 2.45 bits per heavy atom. The fourth-order valence-electron chi connectivity index (χ4n) is 1.99. The molecule has 7 heteroatoms. The molecular weight excluding hydrogens is 282 g/mol. The molecule has 0 aliphatic carbocycles. The minimum Gasteiger partial charge on any atom is -0.370 e. The number of hydrogen-bond donors (Lipinski definition) is 2. The van der Waals surface area contributed by atoms with E-state index in [1.54, 1.807) is 19.2 Å². The third-order valence-electron chi connectivity index (χ3n) is 3.16. The molecule has 0 aromatic carbocycles. The number of hydrogen-bond acceptors (Lipinski definition) is 6. The molecule has 0 bridgehead atoms. The van der Waals surface area contributed by atoms with Gasteiger partial charge in [-0.2, -0.15) is 0 Å². The molecule has 0 radical (unpaired) electrons. The molecule has 22 heavy (non-hydrogen) atoms. The van der Waals surface area contributed by atoms with Crippen LogP contribution in [0.4, 0.5) is 17.3 Å². The lowest BCUT2D eigenvalue weighted by Gasteiger charge is -2.07. The van der Waals surface area contributed by atoms with Crippen molar-refractivity contribution in [2.24, 2.45) is 0 Å². The first-order chi connectivity index (χ1) is 10.7. The van der Waals surface area contributed by atoms with E-state index in [0.29, 0.717) is 11.4 Å². The lowest BCUT2D eigenvalue weighted by Crippen LogP contribution is -2.08. The molecule has 2 aromatic rings. The number of anilines is 2. The van der Waals surface area contributed by atoms with Gasteiger partial charge in [-0.1, -0.05) is 6.07 Å². The Labute approximate surface area is 129 Å². The molecule has 0 spiro atoms. The zero-order valence-electron chi connectivity index (χ0n) is 12.5. The number of rotatable bonds is 8. The number of aromatic nitrogens is 2. The van der Waals surface area contributed by atoms with Gasteiger partial charge in [-0.05, 0) is 38.0 Å². The summed E-state index contributed by atoms with van der Waals surface area (Å²) < 4.78 is 0. The third-order valence-corrected chi connectivity index (χ3v) is 3.16. The Balaban J connectivity index is 1.66. The van der Waals surface area contributed by atoms with Crippen LogP contribution in [-0.4, -0.2) is 28.0 Å². The van der Waals surface area contributed by atoms with E-state index in [1.165, 1.54) is 6.20 Å². The molecule has 2 rings (SSSR count). The van der Waals surface area contributed by atoms with Gasteiger partial charge in [0.25, 0.3) is 5.69 Å². The Bertz CT molecular complexity index is 619. The zero-order chi connectivity index (χ0) is 15.8. The van der Waals surface area contributed by atoms with E-state index in [1.807, 2.05) is 18.2 Å². The van der Waals surface area contributed by atoms with Crippen molar-refractivity contribution in [1.29, 1.82) is 0 Å². The van der Waals surface area contributed by atoms with E-state index in [-0.39, 0.29) is 5.69 Å². The summed E-state index contributed by atoms with van der Waals surface area (Å²) >= 11 is 0. The van der Waals surface area contributed by atoms with Gasteiger partial charge in [0.15, 0.2) is 0 Å². The van der Waals surface area contributed by atoms with Crippen molar-refractivity contribution in [3.8, 4) is 0 Å². The Hall–Kier alpha value is -2.70. The molecule has 2 heterocycles. The highest BCUT2D eigenvalue weighted by Crippen LogP contribution is 2.18. The molecule has 116 valence electrons. The van der Waals surface area contributed by atoms with Gasteiger partial charge in [0, 0.05) is 24.8 Å². The molecule has 2 aromatic heterocycles. The minimum absolute atomic E-state index is 0.0464. The third kappa shape index (κ3) is 4.69. The molecule has 2 N–H and O–H groups in total. The van der Waals surface area contributed by atoms with Crippen LogP contribution < -0.4 is 10.6 Å². The summed E-state index contributed by atoms with van der Waals surface area (Å²) in [5, 5.41) is 17.1. The number of pyridine rings is 2. The normalized spacial score (nSPS) is 10.2. The maximum absolute atomic E-state index is 10.7. The van der Waals surface area contributed by atoms with Gasteiger partial charge in [0.1, 0.15) is 17.8 Å². The summed E-state index contributed by atoms with van der Waals surface area (Å²) in [5.74, 6) is 1.55. The van der Waals surface area contributed by atoms with Gasteiger partial charge in [0.05, 0.1) is 4.92 Å². The first-order valence-corrected chi connectivity index (χ1v) is 7.16. The predicted molar refractivity (Wildman–Crippen MR) is 86.1 cm³/mol. The molecule has 0 atom stereocenters. The number of nitro groups is 1. The van der Waals surface area contributed by atoms with Crippen molar-refractivity contribution in [3.05, 3.63) is 52.3 Å². The van der Waals surface area contributed by atoms with Crippen LogP contribution in [0, 0.1) is 17.0 Å². The van der Waals surface area contributed by atoms with Gasteiger partial charge in [-0.25, -0.2) is 9.97 Å². The minimum atomic E-state index is -0.421.